The molecule has 0 radical (unpaired) electrons. The minimum atomic E-state index is -0.518. The first-order valence-corrected chi connectivity index (χ1v) is 13.3. The number of benzene rings is 4. The van der Waals surface area contributed by atoms with Gasteiger partial charge in [-0.1, -0.05) is 75.5 Å². The summed E-state index contributed by atoms with van der Waals surface area (Å²) in [5.41, 5.74) is 2.75. The molecule has 5 nitrogen and oxygen atoms in total. The second kappa shape index (κ2) is 13.2. The van der Waals surface area contributed by atoms with E-state index in [0.29, 0.717) is 32.4 Å². The van der Waals surface area contributed by atoms with E-state index in [1.54, 1.807) is 84.9 Å². The van der Waals surface area contributed by atoms with Gasteiger partial charge in [0.15, 0.2) is 5.78 Å². The van der Waals surface area contributed by atoms with Gasteiger partial charge in [-0.15, -0.1) is 0 Å². The first-order valence-electron chi connectivity index (χ1n) is 11.7. The topological polar surface area (TPSA) is 75.3 Å². The van der Waals surface area contributed by atoms with Crippen LogP contribution in [0.2, 0.25) is 10.0 Å². The van der Waals surface area contributed by atoms with E-state index >= 15 is 0 Å². The van der Waals surface area contributed by atoms with Gasteiger partial charge in [-0.3, -0.25) is 14.4 Å². The van der Waals surface area contributed by atoms with Gasteiger partial charge in [0.2, 0.25) is 0 Å². The smallest absolute Gasteiger partial charge is 0.272 e. The van der Waals surface area contributed by atoms with Gasteiger partial charge in [-0.05, 0) is 90.0 Å². The molecule has 2 amide bonds. The molecular formula is C31H21BrCl2N2O3. The summed E-state index contributed by atoms with van der Waals surface area (Å²) < 4.78 is 0.832. The number of hydrogen-bond acceptors (Lipinski definition) is 3. The van der Waals surface area contributed by atoms with Crippen molar-refractivity contribution in [3.05, 3.63) is 146 Å². The molecule has 0 aliphatic rings. The lowest BCUT2D eigenvalue weighted by Gasteiger charge is -2.12. The highest BCUT2D eigenvalue weighted by Gasteiger charge is 2.15. The summed E-state index contributed by atoms with van der Waals surface area (Å²) in [6.07, 6.45) is 4.62. The third-order valence-electron chi connectivity index (χ3n) is 5.49. The molecular weight excluding hydrogens is 599 g/mol. The minimum absolute atomic E-state index is 0.0601. The first-order chi connectivity index (χ1) is 18.8. The molecule has 194 valence electrons. The van der Waals surface area contributed by atoms with Crippen LogP contribution in [0.1, 0.15) is 31.8 Å². The summed E-state index contributed by atoms with van der Waals surface area (Å²) in [7, 11) is 0. The number of halogens is 3. The van der Waals surface area contributed by atoms with Gasteiger partial charge in [0.1, 0.15) is 5.70 Å². The standard InChI is InChI=1S/C31H21BrCl2N2O3/c32-24-8-4-5-20(17-24)18-28(36-30(38)23-6-2-1-3-7-23)31(39)35-26-14-10-22(11-15-26)29(37)16-12-21-9-13-25(33)19-27(21)34/h1-19H,(H,35,39)(H,36,38)/b16-12+,28-18-. The molecule has 0 bridgehead atoms. The number of anilines is 1. The molecule has 0 aliphatic heterocycles. The highest BCUT2D eigenvalue weighted by Crippen LogP contribution is 2.22. The molecule has 4 aromatic rings. The largest absolute Gasteiger partial charge is 0.321 e. The van der Waals surface area contributed by atoms with Crippen molar-refractivity contribution in [3.63, 3.8) is 0 Å². The van der Waals surface area contributed by atoms with E-state index in [0.717, 1.165) is 10.0 Å². The maximum Gasteiger partial charge on any atom is 0.272 e. The predicted octanol–water partition coefficient (Wildman–Crippen LogP) is 8.06. The molecule has 0 fully saturated rings. The third kappa shape index (κ3) is 8.01. The van der Waals surface area contributed by atoms with Gasteiger partial charge in [-0.25, -0.2) is 0 Å². The van der Waals surface area contributed by atoms with Crippen LogP contribution < -0.4 is 10.6 Å². The number of amides is 2. The molecule has 0 unspecified atom stereocenters. The van der Waals surface area contributed by atoms with Gasteiger partial charge < -0.3 is 10.6 Å². The van der Waals surface area contributed by atoms with Crippen LogP contribution in [0, 0.1) is 0 Å². The molecule has 0 saturated carbocycles. The van der Waals surface area contributed by atoms with Gasteiger partial charge in [0.05, 0.1) is 0 Å². The molecule has 4 aromatic carbocycles. The Hall–Kier alpha value is -3.97. The number of carbonyl (C=O) groups excluding carboxylic acids is 3. The maximum absolute atomic E-state index is 13.2. The number of carbonyl (C=O) groups is 3. The predicted molar refractivity (Wildman–Crippen MR) is 161 cm³/mol. The van der Waals surface area contributed by atoms with E-state index < -0.39 is 11.8 Å². The van der Waals surface area contributed by atoms with Crippen molar-refractivity contribution in [1.82, 2.24) is 5.32 Å². The van der Waals surface area contributed by atoms with Gasteiger partial charge in [-0.2, -0.15) is 0 Å². The van der Waals surface area contributed by atoms with Gasteiger partial charge >= 0.3 is 0 Å². The SMILES string of the molecule is O=C(Nc1ccc(C(=O)/C=C/c2ccc(Cl)cc2Cl)cc1)/C(=C/c1cccc(Br)c1)NC(=O)c1ccccc1. The van der Waals surface area contributed by atoms with E-state index in [1.165, 1.54) is 6.08 Å². The maximum atomic E-state index is 13.2. The zero-order valence-corrected chi connectivity index (χ0v) is 23.4. The molecule has 39 heavy (non-hydrogen) atoms. The monoisotopic (exact) mass is 618 g/mol. The second-order valence-corrected chi connectivity index (χ2v) is 10.1. The Balaban J connectivity index is 1.49. The summed E-state index contributed by atoms with van der Waals surface area (Å²) in [5, 5.41) is 6.43. The molecule has 2 N–H and O–H groups in total. The molecule has 0 heterocycles. The summed E-state index contributed by atoms with van der Waals surface area (Å²) in [6, 6.07) is 27.4. The normalized spacial score (nSPS) is 11.3. The summed E-state index contributed by atoms with van der Waals surface area (Å²) in [4.78, 5) is 38.6. The first kappa shape index (κ1) is 28.0. The quantitative estimate of drug-likeness (QED) is 0.155. The third-order valence-corrected chi connectivity index (χ3v) is 6.55. The lowest BCUT2D eigenvalue weighted by atomic mass is 10.1. The van der Waals surface area contributed by atoms with E-state index in [1.807, 2.05) is 24.3 Å². The highest BCUT2D eigenvalue weighted by molar-refractivity contribution is 9.10. The Kier molecular flexibility index (Phi) is 9.49. The van der Waals surface area contributed by atoms with E-state index in [2.05, 4.69) is 26.6 Å². The number of rotatable bonds is 8. The summed E-state index contributed by atoms with van der Waals surface area (Å²) >= 11 is 15.5. The van der Waals surface area contributed by atoms with Crippen molar-refractivity contribution in [2.45, 2.75) is 0 Å². The average Bonchev–Trinajstić information content (AvgIpc) is 2.93. The Morgan fingerprint density at radius 1 is 0.769 bits per heavy atom. The van der Waals surface area contributed by atoms with Crippen molar-refractivity contribution in [2.75, 3.05) is 5.32 Å². The zero-order chi connectivity index (χ0) is 27.8. The fourth-order valence-corrected chi connectivity index (χ4v) is 4.41. The Morgan fingerprint density at radius 2 is 1.51 bits per heavy atom. The van der Waals surface area contributed by atoms with Crippen LogP contribution in [-0.4, -0.2) is 17.6 Å². The fraction of sp³-hybridized carbons (Fsp3) is 0. The zero-order valence-electron chi connectivity index (χ0n) is 20.3. The number of nitrogens with one attached hydrogen (secondary N) is 2. The van der Waals surface area contributed by atoms with Crippen LogP contribution in [0.25, 0.3) is 12.2 Å². The lowest BCUT2D eigenvalue weighted by Crippen LogP contribution is -2.30. The van der Waals surface area contributed by atoms with Crippen LogP contribution in [0.15, 0.2) is 113 Å². The fourth-order valence-electron chi connectivity index (χ4n) is 3.52. The van der Waals surface area contributed by atoms with Crippen LogP contribution in [-0.2, 0) is 4.79 Å². The van der Waals surface area contributed by atoms with Gasteiger partial charge in [0, 0.05) is 31.3 Å². The molecule has 0 atom stereocenters. The number of ketones is 1. The van der Waals surface area contributed by atoms with Crippen molar-refractivity contribution in [1.29, 1.82) is 0 Å². The van der Waals surface area contributed by atoms with Crippen LogP contribution in [0.4, 0.5) is 5.69 Å². The molecule has 0 spiro atoms. The van der Waals surface area contributed by atoms with Crippen molar-refractivity contribution < 1.29 is 14.4 Å². The average molecular weight is 620 g/mol. The Bertz CT molecular complexity index is 1580. The van der Waals surface area contributed by atoms with Crippen molar-refractivity contribution in [2.24, 2.45) is 0 Å². The van der Waals surface area contributed by atoms with E-state index in [-0.39, 0.29) is 11.5 Å². The molecule has 4 rings (SSSR count). The molecule has 0 aromatic heterocycles. The molecule has 0 aliphatic carbocycles. The van der Waals surface area contributed by atoms with Crippen molar-refractivity contribution in [3.8, 4) is 0 Å². The van der Waals surface area contributed by atoms with Crippen LogP contribution in [0.5, 0.6) is 0 Å². The van der Waals surface area contributed by atoms with Gasteiger partial charge in [0.25, 0.3) is 11.8 Å². The van der Waals surface area contributed by atoms with Crippen molar-refractivity contribution >= 4 is 74.6 Å². The second-order valence-electron chi connectivity index (χ2n) is 8.33. The van der Waals surface area contributed by atoms with E-state index in [4.69, 9.17) is 23.2 Å². The Labute approximate surface area is 244 Å². The molecule has 0 saturated heterocycles. The minimum Gasteiger partial charge on any atom is -0.321 e. The molecule has 8 heteroatoms. The number of allylic oxidation sites excluding steroid dienone is 1. The Morgan fingerprint density at radius 3 is 2.21 bits per heavy atom. The van der Waals surface area contributed by atoms with E-state index in [9.17, 15) is 14.4 Å². The summed E-state index contributed by atoms with van der Waals surface area (Å²) in [5.74, 6) is -1.17. The van der Waals surface area contributed by atoms with Crippen LogP contribution >= 0.6 is 39.1 Å². The highest BCUT2D eigenvalue weighted by atomic mass is 79.9. The summed E-state index contributed by atoms with van der Waals surface area (Å²) in [6.45, 7) is 0. The number of hydrogen-bond donors (Lipinski definition) is 2. The lowest BCUT2D eigenvalue weighted by molar-refractivity contribution is -0.113. The van der Waals surface area contributed by atoms with Crippen LogP contribution in [0.3, 0.4) is 0 Å².